The fourth-order valence-electron chi connectivity index (χ4n) is 4.79. The molecule has 0 bridgehead atoms. The maximum Gasteiger partial charge on any atom is 0.225 e. The van der Waals surface area contributed by atoms with Crippen molar-refractivity contribution in [1.29, 1.82) is 0 Å². The molecule has 0 saturated carbocycles. The monoisotopic (exact) mass is 477 g/mol. The van der Waals surface area contributed by atoms with Crippen LogP contribution in [0, 0.1) is 5.92 Å². The van der Waals surface area contributed by atoms with Gasteiger partial charge in [0, 0.05) is 43.5 Å². The molecule has 1 aromatic heterocycles. The minimum Gasteiger partial charge on any atom is -0.383 e. The number of hydrogen-bond acceptors (Lipinski definition) is 7. The summed E-state index contributed by atoms with van der Waals surface area (Å²) in [4.78, 5) is 19.9. The van der Waals surface area contributed by atoms with E-state index in [0.717, 1.165) is 23.7 Å². The second-order valence-electron chi connectivity index (χ2n) is 8.66. The van der Waals surface area contributed by atoms with Gasteiger partial charge in [-0.3, -0.25) is 4.79 Å². The van der Waals surface area contributed by atoms with Gasteiger partial charge in [-0.1, -0.05) is 30.3 Å². The van der Waals surface area contributed by atoms with Crippen LogP contribution in [0.1, 0.15) is 36.9 Å². The van der Waals surface area contributed by atoms with Gasteiger partial charge in [-0.15, -0.1) is 11.3 Å². The van der Waals surface area contributed by atoms with E-state index >= 15 is 0 Å². The second kappa shape index (κ2) is 9.89. The van der Waals surface area contributed by atoms with Crippen LogP contribution in [0.15, 0.2) is 35.7 Å². The smallest absolute Gasteiger partial charge is 0.225 e. The molecule has 9 heteroatoms. The third-order valence-corrected chi connectivity index (χ3v) is 9.25. The van der Waals surface area contributed by atoms with E-state index in [1.165, 1.54) is 5.56 Å². The van der Waals surface area contributed by atoms with Crippen LogP contribution in [0.4, 0.5) is 5.13 Å². The normalized spacial score (nSPS) is 20.7. The number of anilines is 1. The third kappa shape index (κ3) is 5.00. The van der Waals surface area contributed by atoms with Crippen molar-refractivity contribution in [2.24, 2.45) is 5.92 Å². The lowest BCUT2D eigenvalue weighted by Gasteiger charge is -2.42. The highest BCUT2D eigenvalue weighted by molar-refractivity contribution is 7.91. The standard InChI is InChI=1S/C23H31N3O4S2/c1-30-14-11-24-22-25-20(17-31-22)23(19-5-3-2-4-6-19)9-12-26(13-10-23)21(27)18-7-15-32(28,29)16-8-18/h2-6,17-18H,7-16H2,1H3,(H,24,25). The van der Waals surface area contributed by atoms with E-state index in [4.69, 9.17) is 9.72 Å². The topological polar surface area (TPSA) is 88.6 Å². The Kier molecular flexibility index (Phi) is 7.17. The van der Waals surface area contributed by atoms with E-state index in [1.54, 1.807) is 18.4 Å². The zero-order valence-electron chi connectivity index (χ0n) is 18.5. The van der Waals surface area contributed by atoms with Crippen LogP contribution >= 0.6 is 11.3 Å². The molecule has 0 aliphatic carbocycles. The van der Waals surface area contributed by atoms with Crippen LogP contribution in [0.5, 0.6) is 0 Å². The van der Waals surface area contributed by atoms with Crippen molar-refractivity contribution in [3.05, 3.63) is 47.0 Å². The molecular formula is C23H31N3O4S2. The number of thiazole rings is 1. The highest BCUT2D eigenvalue weighted by Gasteiger charge is 2.42. The van der Waals surface area contributed by atoms with E-state index in [9.17, 15) is 13.2 Å². The number of hydrogen-bond donors (Lipinski definition) is 1. The summed E-state index contributed by atoms with van der Waals surface area (Å²) in [6.45, 7) is 2.64. The molecule has 174 valence electrons. The summed E-state index contributed by atoms with van der Waals surface area (Å²) < 4.78 is 28.6. The number of likely N-dealkylation sites (tertiary alicyclic amines) is 1. The maximum atomic E-state index is 13.1. The van der Waals surface area contributed by atoms with Crippen LogP contribution in [0.2, 0.25) is 0 Å². The van der Waals surface area contributed by atoms with Crippen molar-refractivity contribution in [2.45, 2.75) is 31.1 Å². The van der Waals surface area contributed by atoms with Crippen molar-refractivity contribution < 1.29 is 17.9 Å². The molecule has 7 nitrogen and oxygen atoms in total. The number of rotatable bonds is 7. The lowest BCUT2D eigenvalue weighted by atomic mass is 9.70. The predicted octanol–water partition coefficient (Wildman–Crippen LogP) is 2.93. The van der Waals surface area contributed by atoms with Gasteiger partial charge in [0.25, 0.3) is 0 Å². The summed E-state index contributed by atoms with van der Waals surface area (Å²) in [6, 6.07) is 10.4. The average molecular weight is 478 g/mol. The zero-order chi connectivity index (χ0) is 22.6. The molecule has 1 amide bonds. The van der Waals surface area contributed by atoms with E-state index in [-0.39, 0.29) is 28.7 Å². The first kappa shape index (κ1) is 23.2. The fourth-order valence-corrected chi connectivity index (χ4v) is 7.12. The SMILES string of the molecule is COCCNc1nc(C2(c3ccccc3)CCN(C(=O)C3CCS(=O)(=O)CC3)CC2)cs1. The number of benzene rings is 1. The van der Waals surface area contributed by atoms with Gasteiger partial charge in [0.05, 0.1) is 23.8 Å². The van der Waals surface area contributed by atoms with Gasteiger partial charge in [0.1, 0.15) is 9.84 Å². The molecule has 1 N–H and O–H groups in total. The van der Waals surface area contributed by atoms with E-state index < -0.39 is 9.84 Å². The van der Waals surface area contributed by atoms with Gasteiger partial charge >= 0.3 is 0 Å². The summed E-state index contributed by atoms with van der Waals surface area (Å²) in [7, 11) is -1.29. The fraction of sp³-hybridized carbons (Fsp3) is 0.565. The molecule has 32 heavy (non-hydrogen) atoms. The summed E-state index contributed by atoms with van der Waals surface area (Å²) in [5.74, 6) is 0.200. The van der Waals surface area contributed by atoms with Gasteiger partial charge in [0.2, 0.25) is 5.91 Å². The molecule has 2 aromatic rings. The van der Waals surface area contributed by atoms with Crippen molar-refractivity contribution >= 4 is 32.2 Å². The summed E-state index contributed by atoms with van der Waals surface area (Å²) in [6.07, 6.45) is 2.50. The van der Waals surface area contributed by atoms with Gasteiger partial charge in [-0.25, -0.2) is 13.4 Å². The average Bonchev–Trinajstić information content (AvgIpc) is 3.29. The first-order valence-electron chi connectivity index (χ1n) is 11.2. The Morgan fingerprint density at radius 3 is 2.56 bits per heavy atom. The molecular weight excluding hydrogens is 446 g/mol. The largest absolute Gasteiger partial charge is 0.383 e. The second-order valence-corrected chi connectivity index (χ2v) is 11.8. The molecule has 3 heterocycles. The number of amides is 1. The van der Waals surface area contributed by atoms with Crippen LogP contribution in [-0.2, 0) is 24.8 Å². The van der Waals surface area contributed by atoms with Crippen LogP contribution in [-0.4, -0.2) is 69.1 Å². The molecule has 0 atom stereocenters. The van der Waals surface area contributed by atoms with Crippen molar-refractivity contribution in [1.82, 2.24) is 9.88 Å². The molecule has 4 rings (SSSR count). The number of methoxy groups -OCH3 is 1. The lowest BCUT2D eigenvalue weighted by molar-refractivity contribution is -0.137. The van der Waals surface area contributed by atoms with Crippen LogP contribution < -0.4 is 5.32 Å². The Morgan fingerprint density at radius 1 is 1.22 bits per heavy atom. The van der Waals surface area contributed by atoms with Gasteiger partial charge in [-0.2, -0.15) is 0 Å². The number of carbonyl (C=O) groups is 1. The molecule has 2 aliphatic heterocycles. The van der Waals surface area contributed by atoms with Gasteiger partial charge in [0.15, 0.2) is 5.13 Å². The Morgan fingerprint density at radius 2 is 1.91 bits per heavy atom. The molecule has 0 spiro atoms. The number of sulfone groups is 1. The molecule has 1 aromatic carbocycles. The highest BCUT2D eigenvalue weighted by Crippen LogP contribution is 2.43. The number of nitrogens with one attached hydrogen (secondary N) is 1. The summed E-state index contributed by atoms with van der Waals surface area (Å²) in [5.41, 5.74) is 2.04. The quantitative estimate of drug-likeness (QED) is 0.617. The minimum absolute atomic E-state index is 0.113. The van der Waals surface area contributed by atoms with Crippen molar-refractivity contribution in [3.63, 3.8) is 0 Å². The van der Waals surface area contributed by atoms with Crippen LogP contribution in [0.25, 0.3) is 0 Å². The molecule has 2 aliphatic rings. The van der Waals surface area contributed by atoms with Gasteiger partial charge in [-0.05, 0) is 31.2 Å². The highest BCUT2D eigenvalue weighted by atomic mass is 32.2. The molecule has 0 unspecified atom stereocenters. The van der Waals surface area contributed by atoms with E-state index in [1.807, 2.05) is 11.0 Å². The predicted molar refractivity (Wildman–Crippen MR) is 127 cm³/mol. The van der Waals surface area contributed by atoms with Crippen molar-refractivity contribution in [2.75, 3.05) is 50.2 Å². The lowest BCUT2D eigenvalue weighted by Crippen LogP contribution is -2.48. The molecule has 2 fully saturated rings. The number of nitrogens with zero attached hydrogens (tertiary/aromatic N) is 2. The Bertz CT molecular complexity index is 1000. The zero-order valence-corrected chi connectivity index (χ0v) is 20.1. The molecule has 2 saturated heterocycles. The Labute approximate surface area is 194 Å². The Balaban J connectivity index is 1.50. The van der Waals surface area contributed by atoms with E-state index in [2.05, 4.69) is 35.0 Å². The number of piperidine rings is 1. The number of aromatic nitrogens is 1. The third-order valence-electron chi connectivity index (χ3n) is 6.74. The maximum absolute atomic E-state index is 13.1. The molecule has 0 radical (unpaired) electrons. The van der Waals surface area contributed by atoms with Gasteiger partial charge < -0.3 is 15.0 Å². The Hall–Kier alpha value is -1.97. The first-order chi connectivity index (χ1) is 15.4. The van der Waals surface area contributed by atoms with Crippen LogP contribution in [0.3, 0.4) is 0 Å². The number of carbonyl (C=O) groups excluding carboxylic acids is 1. The summed E-state index contributed by atoms with van der Waals surface area (Å²) >= 11 is 1.60. The summed E-state index contributed by atoms with van der Waals surface area (Å²) in [5, 5.41) is 6.33. The number of ether oxygens (including phenoxy) is 1. The van der Waals surface area contributed by atoms with E-state index in [0.29, 0.717) is 39.1 Å². The first-order valence-corrected chi connectivity index (χ1v) is 13.9. The minimum atomic E-state index is -2.97. The van der Waals surface area contributed by atoms with Crippen molar-refractivity contribution in [3.8, 4) is 0 Å².